The lowest BCUT2D eigenvalue weighted by Crippen LogP contribution is -2.40. The van der Waals surface area contributed by atoms with Gasteiger partial charge in [0.2, 0.25) is 0 Å². The summed E-state index contributed by atoms with van der Waals surface area (Å²) in [6.07, 6.45) is 0. The Labute approximate surface area is 170 Å². The molecule has 0 heterocycles. The van der Waals surface area contributed by atoms with Crippen LogP contribution >= 0.6 is 24.0 Å². The van der Waals surface area contributed by atoms with Crippen LogP contribution < -0.4 is 20.1 Å². The van der Waals surface area contributed by atoms with Crippen LogP contribution in [0.1, 0.15) is 40.2 Å². The first kappa shape index (κ1) is 23.8. The van der Waals surface area contributed by atoms with Crippen LogP contribution in [0, 0.1) is 5.92 Å². The summed E-state index contributed by atoms with van der Waals surface area (Å²) in [7, 11) is 3.31. The minimum atomic E-state index is -0.111. The summed E-state index contributed by atoms with van der Waals surface area (Å²) in [5.41, 5.74) is 1.06. The van der Waals surface area contributed by atoms with Crippen molar-refractivity contribution >= 4 is 29.9 Å². The van der Waals surface area contributed by atoms with Crippen molar-refractivity contribution in [1.29, 1.82) is 0 Å². The summed E-state index contributed by atoms with van der Waals surface area (Å²) in [5.74, 6) is 2.93. The van der Waals surface area contributed by atoms with Crippen LogP contribution in [0.2, 0.25) is 0 Å². The van der Waals surface area contributed by atoms with Gasteiger partial charge in [0.1, 0.15) is 0 Å². The van der Waals surface area contributed by atoms with E-state index in [1.54, 1.807) is 14.2 Å². The molecule has 0 spiro atoms. The summed E-state index contributed by atoms with van der Waals surface area (Å²) in [5, 5.41) is 6.68. The molecule has 0 aromatic heterocycles. The maximum atomic E-state index is 5.42. The number of hydrogen-bond acceptors (Lipinski definition) is 3. The summed E-state index contributed by atoms with van der Waals surface area (Å²) in [6.45, 7) is 13.2. The summed E-state index contributed by atoms with van der Waals surface area (Å²) in [6, 6.07) is 6.05. The van der Waals surface area contributed by atoms with Crippen molar-refractivity contribution in [2.45, 2.75) is 40.0 Å². The van der Waals surface area contributed by atoms with Crippen molar-refractivity contribution in [3.05, 3.63) is 23.8 Å². The second kappa shape index (κ2) is 11.4. The van der Waals surface area contributed by atoms with Gasteiger partial charge in [0, 0.05) is 18.5 Å². The molecule has 6 heteroatoms. The number of methoxy groups -OCH3 is 2. The van der Waals surface area contributed by atoms with Gasteiger partial charge in [-0.15, -0.1) is 24.0 Å². The number of nitrogens with one attached hydrogen (secondary N) is 2. The molecule has 0 aliphatic heterocycles. The molecule has 0 saturated heterocycles. The first-order chi connectivity index (χ1) is 11.3. The van der Waals surface area contributed by atoms with Gasteiger partial charge in [-0.3, -0.25) is 4.99 Å². The molecule has 0 amide bonds. The average Bonchev–Trinajstić information content (AvgIpc) is 2.56. The Balaban J connectivity index is 0.00000576. The predicted molar refractivity (Wildman–Crippen MR) is 117 cm³/mol. The lowest BCUT2D eigenvalue weighted by atomic mass is 9.84. The normalized spacial score (nSPS) is 11.8. The lowest BCUT2D eigenvalue weighted by Gasteiger charge is -2.25. The predicted octanol–water partition coefficient (Wildman–Crippen LogP) is 3.81. The molecule has 1 aromatic carbocycles. The fourth-order valence-electron chi connectivity index (χ4n) is 2.27. The Morgan fingerprint density at radius 3 is 2.28 bits per heavy atom. The van der Waals surface area contributed by atoms with Gasteiger partial charge in [0.15, 0.2) is 17.5 Å². The first-order valence-corrected chi connectivity index (χ1v) is 8.58. The van der Waals surface area contributed by atoms with Crippen LogP contribution in [0.25, 0.3) is 0 Å². The maximum absolute atomic E-state index is 5.42. The zero-order valence-corrected chi connectivity index (χ0v) is 18.9. The van der Waals surface area contributed by atoms with Crippen molar-refractivity contribution < 1.29 is 9.47 Å². The zero-order valence-electron chi connectivity index (χ0n) is 16.6. The third kappa shape index (κ3) is 7.71. The Hall–Kier alpha value is -1.18. The van der Waals surface area contributed by atoms with Crippen LogP contribution in [0.5, 0.6) is 11.5 Å². The van der Waals surface area contributed by atoms with Gasteiger partial charge >= 0.3 is 0 Å². The average molecular weight is 463 g/mol. The van der Waals surface area contributed by atoms with E-state index in [1.165, 1.54) is 5.56 Å². The van der Waals surface area contributed by atoms with Gasteiger partial charge in [-0.05, 0) is 30.5 Å². The first-order valence-electron chi connectivity index (χ1n) is 8.58. The van der Waals surface area contributed by atoms with Crippen molar-refractivity contribution in [2.75, 3.05) is 33.9 Å². The van der Waals surface area contributed by atoms with Crippen LogP contribution in [0.4, 0.5) is 0 Å². The largest absolute Gasteiger partial charge is 0.493 e. The molecule has 0 saturated carbocycles. The highest BCUT2D eigenvalue weighted by Crippen LogP contribution is 2.33. The standard InChI is InChI=1S/C19H33N3O2.HI/c1-8-20-18(21-12-14(2)3)22-13-19(4,5)15-9-10-16(23-6)17(11-15)24-7;/h9-11,14H,8,12-13H2,1-7H3,(H2,20,21,22);1H. The number of guanidine groups is 1. The highest BCUT2D eigenvalue weighted by molar-refractivity contribution is 14.0. The van der Waals surface area contributed by atoms with Crippen molar-refractivity contribution in [1.82, 2.24) is 10.6 Å². The molecule has 0 fully saturated rings. The van der Waals surface area contributed by atoms with E-state index in [4.69, 9.17) is 14.5 Å². The van der Waals surface area contributed by atoms with E-state index in [2.05, 4.69) is 51.3 Å². The van der Waals surface area contributed by atoms with Gasteiger partial charge in [0.25, 0.3) is 0 Å². The smallest absolute Gasteiger partial charge is 0.191 e. The molecule has 1 aromatic rings. The Bertz CT molecular complexity index is 545. The number of nitrogens with zero attached hydrogens (tertiary/aromatic N) is 1. The van der Waals surface area contributed by atoms with Crippen LogP contribution in [-0.2, 0) is 5.41 Å². The SMILES string of the molecule is CCNC(=NCC(C)(C)c1ccc(OC)c(OC)c1)NCC(C)C.I. The van der Waals surface area contributed by atoms with E-state index in [-0.39, 0.29) is 29.4 Å². The number of aliphatic imine (C=N–C) groups is 1. The molecular weight excluding hydrogens is 429 g/mol. The topological polar surface area (TPSA) is 54.9 Å². The molecule has 0 bridgehead atoms. The van der Waals surface area contributed by atoms with Crippen LogP contribution in [0.15, 0.2) is 23.2 Å². The van der Waals surface area contributed by atoms with Crippen LogP contribution in [-0.4, -0.2) is 39.8 Å². The number of rotatable bonds is 8. The monoisotopic (exact) mass is 463 g/mol. The molecule has 2 N–H and O–H groups in total. The molecule has 5 nitrogen and oxygen atoms in total. The molecule has 0 atom stereocenters. The molecule has 0 unspecified atom stereocenters. The fraction of sp³-hybridized carbons (Fsp3) is 0.632. The number of halogens is 1. The Morgan fingerprint density at radius 2 is 1.76 bits per heavy atom. The molecule has 25 heavy (non-hydrogen) atoms. The van der Waals surface area contributed by atoms with Crippen molar-refractivity contribution in [3.63, 3.8) is 0 Å². The quantitative estimate of drug-likeness (QED) is 0.350. The van der Waals surface area contributed by atoms with E-state index in [1.807, 2.05) is 12.1 Å². The van der Waals surface area contributed by atoms with E-state index < -0.39 is 0 Å². The lowest BCUT2D eigenvalue weighted by molar-refractivity contribution is 0.353. The summed E-state index contributed by atoms with van der Waals surface area (Å²) >= 11 is 0. The van der Waals surface area contributed by atoms with Gasteiger partial charge < -0.3 is 20.1 Å². The highest BCUT2D eigenvalue weighted by atomic mass is 127. The minimum Gasteiger partial charge on any atom is -0.493 e. The fourth-order valence-corrected chi connectivity index (χ4v) is 2.27. The Kier molecular flexibility index (Phi) is 10.9. The second-order valence-electron chi connectivity index (χ2n) is 6.92. The number of ether oxygens (including phenoxy) is 2. The Morgan fingerprint density at radius 1 is 1.12 bits per heavy atom. The molecule has 144 valence electrons. The summed E-state index contributed by atoms with van der Waals surface area (Å²) < 4.78 is 10.7. The summed E-state index contributed by atoms with van der Waals surface area (Å²) in [4.78, 5) is 4.75. The molecule has 0 radical (unpaired) electrons. The van der Waals surface area contributed by atoms with Gasteiger partial charge in [-0.2, -0.15) is 0 Å². The zero-order chi connectivity index (χ0) is 18.2. The number of benzene rings is 1. The van der Waals surface area contributed by atoms with Gasteiger partial charge in [-0.25, -0.2) is 0 Å². The molecule has 0 aliphatic carbocycles. The van der Waals surface area contributed by atoms with E-state index >= 15 is 0 Å². The minimum absolute atomic E-state index is 0. The maximum Gasteiger partial charge on any atom is 0.191 e. The third-order valence-corrected chi connectivity index (χ3v) is 3.82. The van der Waals surface area contributed by atoms with E-state index in [9.17, 15) is 0 Å². The molecular formula is C19H34IN3O2. The van der Waals surface area contributed by atoms with Gasteiger partial charge in [-0.1, -0.05) is 33.8 Å². The highest BCUT2D eigenvalue weighted by Gasteiger charge is 2.22. The second-order valence-corrected chi connectivity index (χ2v) is 6.92. The molecule has 1 rings (SSSR count). The number of hydrogen-bond donors (Lipinski definition) is 2. The van der Waals surface area contributed by atoms with Crippen molar-refractivity contribution in [2.24, 2.45) is 10.9 Å². The van der Waals surface area contributed by atoms with Crippen LogP contribution in [0.3, 0.4) is 0 Å². The third-order valence-electron chi connectivity index (χ3n) is 3.82. The molecule has 0 aliphatic rings. The van der Waals surface area contributed by atoms with E-state index in [0.717, 1.165) is 30.5 Å². The van der Waals surface area contributed by atoms with Crippen molar-refractivity contribution in [3.8, 4) is 11.5 Å². The van der Waals surface area contributed by atoms with Gasteiger partial charge in [0.05, 0.1) is 20.8 Å². The van der Waals surface area contributed by atoms with E-state index in [0.29, 0.717) is 12.5 Å².